The molecule has 0 aliphatic rings. The van der Waals surface area contributed by atoms with Crippen molar-refractivity contribution < 1.29 is 4.79 Å². The topological polar surface area (TPSA) is 61.1 Å². The van der Waals surface area contributed by atoms with Gasteiger partial charge in [0.05, 0.1) is 23.1 Å². The van der Waals surface area contributed by atoms with E-state index in [1.807, 2.05) is 25.1 Å². The molecule has 3 aromatic carbocycles. The van der Waals surface area contributed by atoms with E-state index < -0.39 is 11.2 Å². The SMILES string of the molecule is Cc1ccc(C(=O)Cn2c(=O)n(-c3ccccc3)c(=O)c3cc(Br)ccc32)cc1. The highest BCUT2D eigenvalue weighted by atomic mass is 79.9. The van der Waals surface area contributed by atoms with Crippen LogP contribution in [0.25, 0.3) is 16.6 Å². The Labute approximate surface area is 175 Å². The van der Waals surface area contributed by atoms with Gasteiger partial charge in [0.15, 0.2) is 5.78 Å². The van der Waals surface area contributed by atoms with Crippen molar-refractivity contribution in [1.29, 1.82) is 0 Å². The Morgan fingerprint density at radius 3 is 2.31 bits per heavy atom. The van der Waals surface area contributed by atoms with Crippen molar-refractivity contribution in [3.8, 4) is 5.69 Å². The van der Waals surface area contributed by atoms with Gasteiger partial charge in [0.1, 0.15) is 0 Å². The number of fused-ring (bicyclic) bond motifs is 1. The van der Waals surface area contributed by atoms with Crippen LogP contribution in [0.1, 0.15) is 15.9 Å². The van der Waals surface area contributed by atoms with Crippen molar-refractivity contribution in [3.63, 3.8) is 0 Å². The number of hydrogen-bond donors (Lipinski definition) is 0. The van der Waals surface area contributed by atoms with Crippen LogP contribution in [0.2, 0.25) is 0 Å². The van der Waals surface area contributed by atoms with Gasteiger partial charge in [-0.1, -0.05) is 64.0 Å². The van der Waals surface area contributed by atoms with Gasteiger partial charge in [0, 0.05) is 10.0 Å². The lowest BCUT2D eigenvalue weighted by molar-refractivity contribution is 0.0971. The molecular weight excluding hydrogens is 432 g/mol. The average Bonchev–Trinajstić information content (AvgIpc) is 2.72. The number of benzene rings is 3. The molecule has 144 valence electrons. The highest BCUT2D eigenvalue weighted by Crippen LogP contribution is 2.17. The third-order valence-corrected chi connectivity index (χ3v) is 5.29. The van der Waals surface area contributed by atoms with E-state index in [1.54, 1.807) is 54.6 Å². The first-order valence-corrected chi connectivity index (χ1v) is 9.85. The molecule has 0 atom stereocenters. The molecule has 0 saturated carbocycles. The molecule has 0 aliphatic heterocycles. The number of rotatable bonds is 4. The summed E-state index contributed by atoms with van der Waals surface area (Å²) >= 11 is 3.38. The zero-order valence-electron chi connectivity index (χ0n) is 15.6. The first-order chi connectivity index (χ1) is 14.0. The summed E-state index contributed by atoms with van der Waals surface area (Å²) in [5.41, 5.74) is 1.49. The Kier molecular flexibility index (Phi) is 5.03. The summed E-state index contributed by atoms with van der Waals surface area (Å²) in [6.45, 7) is 1.78. The Morgan fingerprint density at radius 2 is 1.62 bits per heavy atom. The van der Waals surface area contributed by atoms with Gasteiger partial charge in [0.25, 0.3) is 5.56 Å². The molecule has 29 heavy (non-hydrogen) atoms. The lowest BCUT2D eigenvalue weighted by atomic mass is 10.1. The van der Waals surface area contributed by atoms with Crippen LogP contribution in [0.3, 0.4) is 0 Å². The monoisotopic (exact) mass is 448 g/mol. The van der Waals surface area contributed by atoms with E-state index in [0.717, 1.165) is 14.6 Å². The highest BCUT2D eigenvalue weighted by Gasteiger charge is 2.17. The molecule has 4 aromatic rings. The summed E-state index contributed by atoms with van der Waals surface area (Å²) in [5.74, 6) is -0.199. The van der Waals surface area contributed by atoms with Gasteiger partial charge >= 0.3 is 5.69 Å². The molecule has 0 N–H and O–H groups in total. The minimum absolute atomic E-state index is 0.160. The van der Waals surface area contributed by atoms with Crippen LogP contribution in [0, 0.1) is 6.92 Å². The summed E-state index contributed by atoms with van der Waals surface area (Å²) in [7, 11) is 0. The van der Waals surface area contributed by atoms with Gasteiger partial charge in [-0.2, -0.15) is 0 Å². The van der Waals surface area contributed by atoms with Crippen molar-refractivity contribution in [1.82, 2.24) is 9.13 Å². The predicted molar refractivity (Wildman–Crippen MR) is 117 cm³/mol. The number of hydrogen-bond acceptors (Lipinski definition) is 3. The molecule has 0 aliphatic carbocycles. The minimum Gasteiger partial charge on any atom is -0.292 e. The van der Waals surface area contributed by atoms with Gasteiger partial charge in [-0.15, -0.1) is 0 Å². The van der Waals surface area contributed by atoms with Gasteiger partial charge in [-0.3, -0.25) is 14.2 Å². The van der Waals surface area contributed by atoms with Crippen molar-refractivity contribution in [2.75, 3.05) is 0 Å². The first-order valence-electron chi connectivity index (χ1n) is 9.06. The molecule has 4 rings (SSSR count). The number of aromatic nitrogens is 2. The fraction of sp³-hybridized carbons (Fsp3) is 0.0870. The minimum atomic E-state index is -0.545. The van der Waals surface area contributed by atoms with Crippen LogP contribution in [0.4, 0.5) is 0 Å². The van der Waals surface area contributed by atoms with Gasteiger partial charge < -0.3 is 0 Å². The normalized spacial score (nSPS) is 11.0. The first kappa shape index (κ1) is 19.1. The Bertz CT molecular complexity index is 1340. The molecular formula is C23H17BrN2O3. The van der Waals surface area contributed by atoms with E-state index in [-0.39, 0.29) is 12.3 Å². The molecule has 0 saturated heterocycles. The maximum atomic E-state index is 13.3. The standard InChI is InChI=1S/C23H17BrN2O3/c1-15-7-9-16(10-8-15)21(27)14-25-20-12-11-17(24)13-19(20)22(28)26(23(25)29)18-5-3-2-4-6-18/h2-13H,14H2,1H3. The molecule has 0 spiro atoms. The van der Waals surface area contributed by atoms with Crippen LogP contribution in [0.15, 0.2) is 86.9 Å². The predicted octanol–water partition coefficient (Wildman–Crippen LogP) is 4.11. The second kappa shape index (κ2) is 7.64. The van der Waals surface area contributed by atoms with E-state index in [9.17, 15) is 14.4 Å². The zero-order valence-corrected chi connectivity index (χ0v) is 17.2. The fourth-order valence-electron chi connectivity index (χ4n) is 3.28. The van der Waals surface area contributed by atoms with E-state index in [1.165, 1.54) is 4.57 Å². The third kappa shape index (κ3) is 3.59. The maximum Gasteiger partial charge on any atom is 0.336 e. The molecule has 1 heterocycles. The number of ketones is 1. The Balaban J connectivity index is 1.95. The van der Waals surface area contributed by atoms with Crippen molar-refractivity contribution in [2.45, 2.75) is 13.5 Å². The van der Waals surface area contributed by atoms with Crippen LogP contribution < -0.4 is 11.2 Å². The summed E-state index contributed by atoms with van der Waals surface area (Å²) in [6.07, 6.45) is 0. The van der Waals surface area contributed by atoms with E-state index in [0.29, 0.717) is 22.2 Å². The number of carbonyl (C=O) groups is 1. The number of Topliss-reactive ketones (excluding diaryl/α,β-unsaturated/α-hetero) is 1. The molecule has 5 nitrogen and oxygen atoms in total. The lowest BCUT2D eigenvalue weighted by Gasteiger charge is -2.14. The van der Waals surface area contributed by atoms with Gasteiger partial charge in [-0.05, 0) is 37.3 Å². The largest absolute Gasteiger partial charge is 0.336 e. The Morgan fingerprint density at radius 1 is 0.931 bits per heavy atom. The quantitative estimate of drug-likeness (QED) is 0.441. The average molecular weight is 449 g/mol. The van der Waals surface area contributed by atoms with Crippen LogP contribution >= 0.6 is 15.9 Å². The molecule has 0 amide bonds. The summed E-state index contributed by atoms with van der Waals surface area (Å²) in [4.78, 5) is 39.2. The summed E-state index contributed by atoms with van der Waals surface area (Å²) in [5, 5.41) is 0.361. The van der Waals surface area contributed by atoms with Crippen molar-refractivity contribution in [3.05, 3.63) is 109 Å². The number of carbonyl (C=O) groups excluding carboxylic acids is 1. The van der Waals surface area contributed by atoms with Crippen LogP contribution in [-0.4, -0.2) is 14.9 Å². The molecule has 0 bridgehead atoms. The molecule has 0 radical (unpaired) electrons. The highest BCUT2D eigenvalue weighted by molar-refractivity contribution is 9.10. The Hall–Kier alpha value is -3.25. The zero-order chi connectivity index (χ0) is 20.5. The van der Waals surface area contributed by atoms with Gasteiger partial charge in [0.2, 0.25) is 0 Å². The number of nitrogens with zero attached hydrogens (tertiary/aromatic N) is 2. The summed E-state index contributed by atoms with van der Waals surface area (Å²) < 4.78 is 3.19. The molecule has 0 fully saturated rings. The van der Waals surface area contributed by atoms with E-state index >= 15 is 0 Å². The maximum absolute atomic E-state index is 13.3. The van der Waals surface area contributed by atoms with Crippen LogP contribution in [0.5, 0.6) is 0 Å². The second-order valence-corrected chi connectivity index (χ2v) is 7.71. The second-order valence-electron chi connectivity index (χ2n) is 6.80. The van der Waals surface area contributed by atoms with E-state index in [2.05, 4.69) is 15.9 Å². The number of aryl methyl sites for hydroxylation is 1. The molecule has 0 unspecified atom stereocenters. The van der Waals surface area contributed by atoms with Crippen molar-refractivity contribution >= 4 is 32.6 Å². The van der Waals surface area contributed by atoms with E-state index in [4.69, 9.17) is 0 Å². The molecule has 6 heteroatoms. The number of halogens is 1. The van der Waals surface area contributed by atoms with Gasteiger partial charge in [-0.25, -0.2) is 9.36 Å². The fourth-order valence-corrected chi connectivity index (χ4v) is 3.64. The van der Waals surface area contributed by atoms with Crippen molar-refractivity contribution in [2.24, 2.45) is 0 Å². The lowest BCUT2D eigenvalue weighted by Crippen LogP contribution is -2.40. The number of para-hydroxylation sites is 1. The van der Waals surface area contributed by atoms with Crippen LogP contribution in [-0.2, 0) is 6.54 Å². The summed E-state index contributed by atoms with van der Waals surface area (Å²) in [6, 6.07) is 21.0. The molecule has 1 aromatic heterocycles. The smallest absolute Gasteiger partial charge is 0.292 e. The third-order valence-electron chi connectivity index (χ3n) is 4.79.